The van der Waals surface area contributed by atoms with Crippen molar-refractivity contribution in [3.8, 4) is 0 Å². The van der Waals surface area contributed by atoms with E-state index < -0.39 is 0 Å². The van der Waals surface area contributed by atoms with Crippen LogP contribution in [0.3, 0.4) is 0 Å². The highest BCUT2D eigenvalue weighted by molar-refractivity contribution is 5.77. The van der Waals surface area contributed by atoms with Gasteiger partial charge in [0.05, 0.1) is 13.2 Å². The molecule has 1 aromatic rings. The fraction of sp³-hybridized carbons (Fsp3) is 0.786. The summed E-state index contributed by atoms with van der Waals surface area (Å²) in [5.74, 6) is 1.39. The van der Waals surface area contributed by atoms with Crippen molar-refractivity contribution in [2.24, 2.45) is 0 Å². The predicted octanol–water partition coefficient (Wildman–Crippen LogP) is 0.791. The van der Waals surface area contributed by atoms with Gasteiger partial charge in [0, 0.05) is 24.9 Å². The van der Waals surface area contributed by atoms with Crippen molar-refractivity contribution in [2.45, 2.75) is 44.8 Å². The molecule has 116 valence electrons. The molecule has 7 heteroatoms. The molecule has 1 N–H and O–H groups in total. The van der Waals surface area contributed by atoms with Crippen molar-refractivity contribution >= 4 is 5.97 Å². The standard InChI is InChI=1S/C14H22N4O3/c1-14(2,3)13-15-11(16-17-13)10-8-18(5-7-20-10)9-4-6-21-12(9)19/h9-10H,4-8H2,1-3H3,(H,15,16,17). The normalized spacial score (nSPS) is 27.9. The van der Waals surface area contributed by atoms with Crippen LogP contribution in [-0.2, 0) is 19.7 Å². The number of nitrogens with zero attached hydrogens (tertiary/aromatic N) is 3. The van der Waals surface area contributed by atoms with Crippen LogP contribution in [0.2, 0.25) is 0 Å². The van der Waals surface area contributed by atoms with E-state index in [0.29, 0.717) is 19.8 Å². The molecule has 1 aromatic heterocycles. The summed E-state index contributed by atoms with van der Waals surface area (Å²) >= 11 is 0. The molecular weight excluding hydrogens is 272 g/mol. The van der Waals surface area contributed by atoms with Crippen LogP contribution in [0.15, 0.2) is 0 Å². The maximum atomic E-state index is 11.7. The number of morpholine rings is 1. The third kappa shape index (κ3) is 2.94. The molecule has 0 aliphatic carbocycles. The Kier molecular flexibility index (Phi) is 3.71. The Hall–Kier alpha value is -1.47. The molecule has 3 rings (SSSR count). The Bertz CT molecular complexity index is 523. The molecule has 2 saturated heterocycles. The zero-order valence-electron chi connectivity index (χ0n) is 12.8. The fourth-order valence-corrected chi connectivity index (χ4v) is 2.69. The smallest absolute Gasteiger partial charge is 0.323 e. The van der Waals surface area contributed by atoms with E-state index in [9.17, 15) is 4.79 Å². The van der Waals surface area contributed by atoms with Gasteiger partial charge in [0.25, 0.3) is 0 Å². The quantitative estimate of drug-likeness (QED) is 0.812. The minimum atomic E-state index is -0.171. The lowest BCUT2D eigenvalue weighted by Gasteiger charge is -2.34. The lowest BCUT2D eigenvalue weighted by Crippen LogP contribution is -2.46. The first-order valence-electron chi connectivity index (χ1n) is 7.40. The van der Waals surface area contributed by atoms with Gasteiger partial charge in [-0.15, -0.1) is 0 Å². The number of hydrogen-bond acceptors (Lipinski definition) is 6. The van der Waals surface area contributed by atoms with E-state index in [-0.39, 0.29) is 23.5 Å². The summed E-state index contributed by atoms with van der Waals surface area (Å²) in [6, 6.07) is -0.138. The summed E-state index contributed by atoms with van der Waals surface area (Å²) in [5, 5.41) is 7.25. The number of carbonyl (C=O) groups is 1. The van der Waals surface area contributed by atoms with Gasteiger partial charge >= 0.3 is 5.97 Å². The van der Waals surface area contributed by atoms with E-state index in [0.717, 1.165) is 24.6 Å². The van der Waals surface area contributed by atoms with E-state index >= 15 is 0 Å². The number of rotatable bonds is 2. The van der Waals surface area contributed by atoms with Crippen LogP contribution in [0.5, 0.6) is 0 Å². The van der Waals surface area contributed by atoms with Gasteiger partial charge in [0.2, 0.25) is 0 Å². The van der Waals surface area contributed by atoms with Gasteiger partial charge in [-0.2, -0.15) is 5.10 Å². The average Bonchev–Trinajstić information content (AvgIpc) is 3.06. The van der Waals surface area contributed by atoms with Gasteiger partial charge in [-0.3, -0.25) is 14.8 Å². The Labute approximate surface area is 124 Å². The highest BCUT2D eigenvalue weighted by Crippen LogP contribution is 2.25. The monoisotopic (exact) mass is 294 g/mol. The minimum absolute atomic E-state index is 0.0988. The topological polar surface area (TPSA) is 80.3 Å². The van der Waals surface area contributed by atoms with Gasteiger partial charge in [-0.05, 0) is 0 Å². The minimum Gasteiger partial charge on any atom is -0.464 e. The van der Waals surface area contributed by atoms with Gasteiger partial charge in [0.1, 0.15) is 12.1 Å². The zero-order valence-corrected chi connectivity index (χ0v) is 12.8. The van der Waals surface area contributed by atoms with Crippen molar-refractivity contribution in [3.63, 3.8) is 0 Å². The first-order valence-corrected chi connectivity index (χ1v) is 7.40. The Balaban J connectivity index is 1.71. The van der Waals surface area contributed by atoms with Crippen LogP contribution in [0.1, 0.15) is 44.9 Å². The molecular formula is C14H22N4O3. The molecule has 0 saturated carbocycles. The summed E-state index contributed by atoms with van der Waals surface area (Å²) < 4.78 is 10.8. The van der Waals surface area contributed by atoms with Crippen LogP contribution < -0.4 is 0 Å². The van der Waals surface area contributed by atoms with E-state index in [1.54, 1.807) is 0 Å². The maximum absolute atomic E-state index is 11.7. The van der Waals surface area contributed by atoms with E-state index in [2.05, 4.69) is 40.9 Å². The molecule has 0 spiro atoms. The second-order valence-corrected chi connectivity index (χ2v) is 6.62. The van der Waals surface area contributed by atoms with Crippen molar-refractivity contribution in [1.82, 2.24) is 20.1 Å². The van der Waals surface area contributed by atoms with Crippen LogP contribution in [-0.4, -0.2) is 58.4 Å². The van der Waals surface area contributed by atoms with E-state index in [1.165, 1.54) is 0 Å². The summed E-state index contributed by atoms with van der Waals surface area (Å²) in [6.07, 6.45) is 0.589. The molecule has 2 aliphatic heterocycles. The van der Waals surface area contributed by atoms with Crippen LogP contribution in [0, 0.1) is 0 Å². The second kappa shape index (κ2) is 5.38. The highest BCUT2D eigenvalue weighted by atomic mass is 16.5. The number of H-pyrrole nitrogens is 1. The molecule has 0 bridgehead atoms. The average molecular weight is 294 g/mol. The molecule has 3 heterocycles. The van der Waals surface area contributed by atoms with Gasteiger partial charge in [-0.1, -0.05) is 20.8 Å². The second-order valence-electron chi connectivity index (χ2n) is 6.62. The summed E-state index contributed by atoms with van der Waals surface area (Å²) in [4.78, 5) is 18.4. The maximum Gasteiger partial charge on any atom is 0.323 e. The van der Waals surface area contributed by atoms with Crippen LogP contribution >= 0.6 is 0 Å². The van der Waals surface area contributed by atoms with Crippen LogP contribution in [0.4, 0.5) is 0 Å². The number of aromatic amines is 1. The first kappa shape index (κ1) is 14.5. The van der Waals surface area contributed by atoms with Crippen molar-refractivity contribution in [2.75, 3.05) is 26.3 Å². The number of esters is 1. The molecule has 2 unspecified atom stereocenters. The van der Waals surface area contributed by atoms with E-state index in [1.807, 2.05) is 0 Å². The predicted molar refractivity (Wildman–Crippen MR) is 74.7 cm³/mol. The highest BCUT2D eigenvalue weighted by Gasteiger charge is 2.36. The van der Waals surface area contributed by atoms with Crippen molar-refractivity contribution < 1.29 is 14.3 Å². The summed E-state index contributed by atoms with van der Waals surface area (Å²) in [5.41, 5.74) is -0.0988. The molecule has 0 amide bonds. The molecule has 2 aliphatic rings. The zero-order chi connectivity index (χ0) is 15.0. The van der Waals surface area contributed by atoms with Crippen LogP contribution in [0.25, 0.3) is 0 Å². The number of cyclic esters (lactones) is 1. The Morgan fingerprint density at radius 3 is 2.76 bits per heavy atom. The van der Waals surface area contributed by atoms with E-state index in [4.69, 9.17) is 9.47 Å². The molecule has 0 aromatic carbocycles. The first-order chi connectivity index (χ1) is 9.95. The molecule has 21 heavy (non-hydrogen) atoms. The van der Waals surface area contributed by atoms with Gasteiger partial charge in [-0.25, -0.2) is 4.98 Å². The van der Waals surface area contributed by atoms with Crippen molar-refractivity contribution in [3.05, 3.63) is 11.6 Å². The third-order valence-electron chi connectivity index (χ3n) is 3.92. The fourth-order valence-electron chi connectivity index (χ4n) is 2.69. The SMILES string of the molecule is CC(C)(C)c1n[nH]c(C2CN(C3CCOC3=O)CCO2)n1. The largest absolute Gasteiger partial charge is 0.464 e. The van der Waals surface area contributed by atoms with Crippen molar-refractivity contribution in [1.29, 1.82) is 0 Å². The number of aromatic nitrogens is 3. The lowest BCUT2D eigenvalue weighted by atomic mass is 9.96. The molecule has 2 atom stereocenters. The third-order valence-corrected chi connectivity index (χ3v) is 3.92. The van der Waals surface area contributed by atoms with Gasteiger partial charge < -0.3 is 9.47 Å². The number of hydrogen-bond donors (Lipinski definition) is 1. The molecule has 2 fully saturated rings. The number of nitrogens with one attached hydrogen (secondary N) is 1. The number of ether oxygens (including phenoxy) is 2. The Morgan fingerprint density at radius 1 is 1.33 bits per heavy atom. The summed E-state index contributed by atoms with van der Waals surface area (Å²) in [7, 11) is 0. The molecule has 0 radical (unpaired) electrons. The summed E-state index contributed by atoms with van der Waals surface area (Å²) in [6.45, 7) is 8.70. The lowest BCUT2D eigenvalue weighted by molar-refractivity contribution is -0.144. The Morgan fingerprint density at radius 2 is 2.14 bits per heavy atom. The van der Waals surface area contributed by atoms with Gasteiger partial charge in [0.15, 0.2) is 11.6 Å². The number of carbonyl (C=O) groups excluding carboxylic acids is 1. The molecule has 7 nitrogen and oxygen atoms in total.